The summed E-state index contributed by atoms with van der Waals surface area (Å²) in [5.74, 6) is 0.540. The van der Waals surface area contributed by atoms with Crippen LogP contribution in [0.2, 0.25) is 0 Å². The maximum absolute atomic E-state index is 5.83. The standard InChI is InChI=1S/C10H10ClNOS/c1-2-8-9(5-11)14-10(12-8)7-3-4-13-6-7/h3-4,6H,2,5H2,1H3. The largest absolute Gasteiger partial charge is 0.472 e. The van der Waals surface area contributed by atoms with Gasteiger partial charge in [-0.05, 0) is 12.5 Å². The zero-order valence-corrected chi connectivity index (χ0v) is 9.36. The number of alkyl halides is 1. The summed E-state index contributed by atoms with van der Waals surface area (Å²) in [6, 6.07) is 1.91. The van der Waals surface area contributed by atoms with Crippen LogP contribution in [0.3, 0.4) is 0 Å². The van der Waals surface area contributed by atoms with Gasteiger partial charge in [0.25, 0.3) is 0 Å². The molecule has 0 aliphatic rings. The van der Waals surface area contributed by atoms with Crippen LogP contribution in [-0.2, 0) is 12.3 Å². The molecule has 0 radical (unpaired) electrons. The molecule has 0 aliphatic carbocycles. The highest BCUT2D eigenvalue weighted by Gasteiger charge is 2.10. The van der Waals surface area contributed by atoms with Gasteiger partial charge in [0.2, 0.25) is 0 Å². The summed E-state index contributed by atoms with van der Waals surface area (Å²) in [5.41, 5.74) is 2.13. The van der Waals surface area contributed by atoms with Crippen molar-refractivity contribution in [3.05, 3.63) is 29.2 Å². The van der Waals surface area contributed by atoms with Crippen LogP contribution in [0.15, 0.2) is 23.0 Å². The Morgan fingerprint density at radius 1 is 1.57 bits per heavy atom. The first kappa shape index (κ1) is 9.74. The van der Waals surface area contributed by atoms with E-state index in [2.05, 4.69) is 11.9 Å². The van der Waals surface area contributed by atoms with E-state index in [1.165, 1.54) is 0 Å². The molecule has 0 amide bonds. The second-order valence-electron chi connectivity index (χ2n) is 2.89. The first-order valence-electron chi connectivity index (χ1n) is 4.42. The lowest BCUT2D eigenvalue weighted by Gasteiger charge is -1.89. The minimum atomic E-state index is 0.540. The minimum Gasteiger partial charge on any atom is -0.472 e. The Kier molecular flexibility index (Phi) is 2.89. The van der Waals surface area contributed by atoms with Gasteiger partial charge in [-0.15, -0.1) is 22.9 Å². The maximum atomic E-state index is 5.83. The summed E-state index contributed by atoms with van der Waals surface area (Å²) in [5, 5.41) is 0.992. The maximum Gasteiger partial charge on any atom is 0.127 e. The molecule has 14 heavy (non-hydrogen) atoms. The number of furan rings is 1. The van der Waals surface area contributed by atoms with Gasteiger partial charge in [0, 0.05) is 10.4 Å². The quantitative estimate of drug-likeness (QED) is 0.748. The number of rotatable bonds is 3. The Labute approximate surface area is 91.5 Å². The second-order valence-corrected chi connectivity index (χ2v) is 4.24. The zero-order chi connectivity index (χ0) is 9.97. The molecule has 2 aromatic rings. The Morgan fingerprint density at radius 3 is 2.93 bits per heavy atom. The Morgan fingerprint density at radius 2 is 2.43 bits per heavy atom. The van der Waals surface area contributed by atoms with Gasteiger partial charge in [-0.2, -0.15) is 0 Å². The van der Waals surface area contributed by atoms with Crippen molar-refractivity contribution in [1.82, 2.24) is 4.98 Å². The topological polar surface area (TPSA) is 26.0 Å². The van der Waals surface area contributed by atoms with E-state index in [4.69, 9.17) is 16.0 Å². The third-order valence-corrected chi connectivity index (χ3v) is 3.58. The van der Waals surface area contributed by atoms with Crippen molar-refractivity contribution in [3.8, 4) is 10.6 Å². The molecule has 0 spiro atoms. The summed E-state index contributed by atoms with van der Waals surface area (Å²) in [6.45, 7) is 2.09. The summed E-state index contributed by atoms with van der Waals surface area (Å²) in [7, 11) is 0. The zero-order valence-electron chi connectivity index (χ0n) is 7.79. The van der Waals surface area contributed by atoms with E-state index in [0.29, 0.717) is 5.88 Å². The summed E-state index contributed by atoms with van der Waals surface area (Å²) < 4.78 is 5.02. The molecule has 2 heterocycles. The van der Waals surface area contributed by atoms with Crippen LogP contribution in [0, 0.1) is 0 Å². The molecule has 0 bridgehead atoms. The average molecular weight is 228 g/mol. The van der Waals surface area contributed by atoms with Crippen molar-refractivity contribution in [2.45, 2.75) is 19.2 Å². The lowest BCUT2D eigenvalue weighted by molar-refractivity contribution is 0.568. The van der Waals surface area contributed by atoms with Gasteiger partial charge < -0.3 is 4.42 Å². The molecule has 0 aliphatic heterocycles. The van der Waals surface area contributed by atoms with Gasteiger partial charge >= 0.3 is 0 Å². The fraction of sp³-hybridized carbons (Fsp3) is 0.300. The molecule has 0 saturated heterocycles. The first-order valence-corrected chi connectivity index (χ1v) is 5.77. The van der Waals surface area contributed by atoms with E-state index in [0.717, 1.165) is 27.6 Å². The van der Waals surface area contributed by atoms with E-state index in [1.807, 2.05) is 6.07 Å². The van der Waals surface area contributed by atoms with Crippen LogP contribution >= 0.6 is 22.9 Å². The van der Waals surface area contributed by atoms with E-state index in [9.17, 15) is 0 Å². The molecule has 0 atom stereocenters. The fourth-order valence-electron chi connectivity index (χ4n) is 1.27. The molecular formula is C10H10ClNOS. The van der Waals surface area contributed by atoms with Gasteiger partial charge in [0.1, 0.15) is 11.3 Å². The lowest BCUT2D eigenvalue weighted by Crippen LogP contribution is -1.84. The normalized spacial score (nSPS) is 10.7. The molecule has 0 N–H and O–H groups in total. The van der Waals surface area contributed by atoms with E-state index in [1.54, 1.807) is 23.9 Å². The summed E-state index contributed by atoms with van der Waals surface area (Å²) in [4.78, 5) is 5.67. The summed E-state index contributed by atoms with van der Waals surface area (Å²) >= 11 is 7.47. The smallest absolute Gasteiger partial charge is 0.127 e. The van der Waals surface area contributed by atoms with Crippen molar-refractivity contribution in [2.75, 3.05) is 0 Å². The number of nitrogens with zero attached hydrogens (tertiary/aromatic N) is 1. The Bertz CT molecular complexity index is 386. The average Bonchev–Trinajstić information content (AvgIpc) is 2.85. The van der Waals surface area contributed by atoms with E-state index >= 15 is 0 Å². The van der Waals surface area contributed by atoms with Gasteiger partial charge in [0.05, 0.1) is 17.8 Å². The third-order valence-electron chi connectivity index (χ3n) is 2.00. The molecule has 4 heteroatoms. The van der Waals surface area contributed by atoms with Crippen LogP contribution < -0.4 is 0 Å². The molecular weight excluding hydrogens is 218 g/mol. The second kappa shape index (κ2) is 4.15. The van der Waals surface area contributed by atoms with Gasteiger partial charge in [-0.25, -0.2) is 4.98 Å². The SMILES string of the molecule is CCc1nc(-c2ccoc2)sc1CCl. The van der Waals surface area contributed by atoms with Crippen molar-refractivity contribution in [1.29, 1.82) is 0 Å². The van der Waals surface area contributed by atoms with Crippen LogP contribution in [0.25, 0.3) is 10.6 Å². The molecule has 0 fully saturated rings. The van der Waals surface area contributed by atoms with E-state index < -0.39 is 0 Å². The van der Waals surface area contributed by atoms with E-state index in [-0.39, 0.29) is 0 Å². The van der Waals surface area contributed by atoms with Gasteiger partial charge in [0.15, 0.2) is 0 Å². The molecule has 2 rings (SSSR count). The molecule has 2 nitrogen and oxygen atoms in total. The van der Waals surface area contributed by atoms with Crippen molar-refractivity contribution >= 4 is 22.9 Å². The number of aryl methyl sites for hydroxylation is 1. The molecule has 0 unspecified atom stereocenters. The molecule has 2 aromatic heterocycles. The fourth-order valence-corrected chi connectivity index (χ4v) is 2.58. The minimum absolute atomic E-state index is 0.540. The predicted molar refractivity (Wildman–Crippen MR) is 58.8 cm³/mol. The van der Waals surface area contributed by atoms with Crippen molar-refractivity contribution in [3.63, 3.8) is 0 Å². The third kappa shape index (κ3) is 1.70. The highest BCUT2D eigenvalue weighted by atomic mass is 35.5. The van der Waals surface area contributed by atoms with Crippen LogP contribution in [0.5, 0.6) is 0 Å². The molecule has 0 aromatic carbocycles. The Hall–Kier alpha value is -0.800. The highest BCUT2D eigenvalue weighted by Crippen LogP contribution is 2.29. The number of hydrogen-bond donors (Lipinski definition) is 0. The first-order chi connectivity index (χ1) is 6.85. The number of thiazole rings is 1. The van der Waals surface area contributed by atoms with Crippen molar-refractivity contribution < 1.29 is 4.42 Å². The van der Waals surface area contributed by atoms with Crippen LogP contribution in [0.4, 0.5) is 0 Å². The number of aromatic nitrogens is 1. The Balaban J connectivity index is 2.41. The van der Waals surface area contributed by atoms with Gasteiger partial charge in [-0.3, -0.25) is 0 Å². The number of hydrogen-bond acceptors (Lipinski definition) is 3. The van der Waals surface area contributed by atoms with Crippen LogP contribution in [-0.4, -0.2) is 4.98 Å². The molecule has 0 saturated carbocycles. The molecule has 74 valence electrons. The lowest BCUT2D eigenvalue weighted by atomic mass is 10.3. The van der Waals surface area contributed by atoms with Crippen LogP contribution in [0.1, 0.15) is 17.5 Å². The van der Waals surface area contributed by atoms with Crippen molar-refractivity contribution in [2.24, 2.45) is 0 Å². The highest BCUT2D eigenvalue weighted by molar-refractivity contribution is 7.15. The predicted octanol–water partition coefficient (Wildman–Crippen LogP) is 3.70. The number of halogens is 1. The summed E-state index contributed by atoms with van der Waals surface area (Å²) in [6.07, 6.45) is 4.29. The monoisotopic (exact) mass is 227 g/mol. The van der Waals surface area contributed by atoms with Gasteiger partial charge in [-0.1, -0.05) is 6.92 Å².